The minimum atomic E-state index is 0.242. The molecule has 1 aliphatic rings. The number of pyridine rings is 1. The minimum absolute atomic E-state index is 0.242. The molecule has 0 bridgehead atoms. The molecule has 1 aliphatic heterocycles. The van der Waals surface area contributed by atoms with E-state index < -0.39 is 0 Å². The van der Waals surface area contributed by atoms with Gasteiger partial charge in [0.25, 0.3) is 0 Å². The van der Waals surface area contributed by atoms with Gasteiger partial charge in [0.05, 0.1) is 6.54 Å². The van der Waals surface area contributed by atoms with Crippen LogP contribution in [0.1, 0.15) is 49.4 Å². The van der Waals surface area contributed by atoms with Crippen LogP contribution in [0, 0.1) is 0 Å². The van der Waals surface area contributed by atoms with Gasteiger partial charge in [0, 0.05) is 37.4 Å². The van der Waals surface area contributed by atoms with Gasteiger partial charge in [-0.2, -0.15) is 0 Å². The predicted molar refractivity (Wildman–Crippen MR) is 110 cm³/mol. The van der Waals surface area contributed by atoms with E-state index in [-0.39, 0.29) is 5.91 Å². The molecule has 4 nitrogen and oxygen atoms in total. The molecule has 3 rings (SSSR count). The minimum Gasteiger partial charge on any atom is -0.342 e. The molecule has 0 N–H and O–H groups in total. The van der Waals surface area contributed by atoms with E-state index in [9.17, 15) is 4.79 Å². The lowest BCUT2D eigenvalue weighted by atomic mass is 9.93. The quantitative estimate of drug-likeness (QED) is 0.750. The van der Waals surface area contributed by atoms with Crippen molar-refractivity contribution in [2.45, 2.75) is 39.0 Å². The maximum atomic E-state index is 12.4. The number of piperidine rings is 1. The zero-order valence-electron chi connectivity index (χ0n) is 16.6. The van der Waals surface area contributed by atoms with Gasteiger partial charge in [-0.25, -0.2) is 0 Å². The first-order valence-electron chi connectivity index (χ1n) is 10.2. The standard InChI is InChI=1S/C23H31N3O/c1-3-26(4-2)23(27)18-25-14-8-11-21(17-25)22-13-12-20(16-24-22)15-19-9-6-5-7-10-19/h5-7,9-10,12-13,16,21H,3-4,8,11,14-15,17-18H2,1-2H3/t21-/m1/s1. The Balaban J connectivity index is 1.58. The third-order valence-electron chi connectivity index (χ3n) is 5.50. The second-order valence-corrected chi connectivity index (χ2v) is 7.39. The van der Waals surface area contributed by atoms with Gasteiger partial charge in [-0.05, 0) is 56.8 Å². The van der Waals surface area contributed by atoms with E-state index in [4.69, 9.17) is 4.98 Å². The summed E-state index contributed by atoms with van der Waals surface area (Å²) in [6.07, 6.45) is 5.22. The van der Waals surface area contributed by atoms with E-state index >= 15 is 0 Å². The van der Waals surface area contributed by atoms with Crippen LogP contribution in [0.5, 0.6) is 0 Å². The van der Waals surface area contributed by atoms with Gasteiger partial charge in [-0.3, -0.25) is 14.7 Å². The van der Waals surface area contributed by atoms with Crippen molar-refractivity contribution in [3.63, 3.8) is 0 Å². The topological polar surface area (TPSA) is 36.4 Å². The number of hydrogen-bond acceptors (Lipinski definition) is 3. The Hall–Kier alpha value is -2.20. The summed E-state index contributed by atoms with van der Waals surface area (Å²) in [5.41, 5.74) is 3.71. The van der Waals surface area contributed by atoms with Gasteiger partial charge in [0.1, 0.15) is 0 Å². The van der Waals surface area contributed by atoms with Gasteiger partial charge in [0.15, 0.2) is 0 Å². The number of likely N-dealkylation sites (N-methyl/N-ethyl adjacent to an activating group) is 1. The fourth-order valence-corrected chi connectivity index (χ4v) is 3.92. The maximum Gasteiger partial charge on any atom is 0.236 e. The normalized spacial score (nSPS) is 17.6. The number of hydrogen-bond donors (Lipinski definition) is 0. The fraction of sp³-hybridized carbons (Fsp3) is 0.478. The van der Waals surface area contributed by atoms with Crippen molar-refractivity contribution in [1.82, 2.24) is 14.8 Å². The highest BCUT2D eigenvalue weighted by Crippen LogP contribution is 2.26. The summed E-state index contributed by atoms with van der Waals surface area (Å²) in [6, 6.07) is 14.9. The van der Waals surface area contributed by atoms with E-state index in [1.807, 2.05) is 31.0 Å². The zero-order valence-corrected chi connectivity index (χ0v) is 16.6. The van der Waals surface area contributed by atoms with Gasteiger partial charge < -0.3 is 4.90 Å². The molecular weight excluding hydrogens is 334 g/mol. The predicted octanol–water partition coefficient (Wildman–Crippen LogP) is 3.72. The average Bonchev–Trinajstić information content (AvgIpc) is 2.70. The largest absolute Gasteiger partial charge is 0.342 e. The van der Waals surface area contributed by atoms with Crippen LogP contribution in [0.15, 0.2) is 48.7 Å². The molecule has 144 valence electrons. The molecule has 0 spiro atoms. The van der Waals surface area contributed by atoms with Crippen LogP contribution < -0.4 is 0 Å². The van der Waals surface area contributed by atoms with E-state index in [1.165, 1.54) is 11.1 Å². The highest BCUT2D eigenvalue weighted by atomic mass is 16.2. The molecule has 1 amide bonds. The molecule has 1 fully saturated rings. The summed E-state index contributed by atoms with van der Waals surface area (Å²) in [5.74, 6) is 0.667. The number of aromatic nitrogens is 1. The molecule has 2 aromatic rings. The summed E-state index contributed by atoms with van der Waals surface area (Å²) in [7, 11) is 0. The summed E-state index contributed by atoms with van der Waals surface area (Å²) in [5, 5.41) is 0. The lowest BCUT2D eigenvalue weighted by Crippen LogP contribution is -2.43. The first-order chi connectivity index (χ1) is 13.2. The van der Waals surface area contributed by atoms with E-state index in [2.05, 4.69) is 41.3 Å². The third kappa shape index (κ3) is 5.39. The Kier molecular flexibility index (Phi) is 6.99. The first kappa shape index (κ1) is 19.6. The molecule has 0 saturated carbocycles. The number of nitrogens with zero attached hydrogens (tertiary/aromatic N) is 3. The Labute approximate surface area is 163 Å². The number of benzene rings is 1. The molecule has 1 saturated heterocycles. The van der Waals surface area contributed by atoms with Crippen LogP contribution in [0.3, 0.4) is 0 Å². The molecule has 27 heavy (non-hydrogen) atoms. The molecule has 1 atom stereocenters. The van der Waals surface area contributed by atoms with Crippen molar-refractivity contribution >= 4 is 5.91 Å². The maximum absolute atomic E-state index is 12.4. The molecule has 1 aromatic heterocycles. The van der Waals surface area contributed by atoms with Crippen LogP contribution in [0.4, 0.5) is 0 Å². The van der Waals surface area contributed by atoms with Crippen LogP contribution in [-0.4, -0.2) is 53.4 Å². The SMILES string of the molecule is CCN(CC)C(=O)CN1CCC[C@@H](c2ccc(Cc3ccccc3)cn2)C1. The van der Waals surface area contributed by atoms with E-state index in [0.29, 0.717) is 12.5 Å². The summed E-state index contributed by atoms with van der Waals surface area (Å²) in [6.45, 7) is 8.13. The highest BCUT2D eigenvalue weighted by Gasteiger charge is 2.24. The van der Waals surface area contributed by atoms with Gasteiger partial charge >= 0.3 is 0 Å². The number of rotatable bonds is 7. The van der Waals surface area contributed by atoms with Crippen molar-refractivity contribution in [2.24, 2.45) is 0 Å². The zero-order chi connectivity index (χ0) is 19.1. The van der Waals surface area contributed by atoms with Crippen LogP contribution in [0.25, 0.3) is 0 Å². The Bertz CT molecular complexity index is 710. The number of carbonyl (C=O) groups excluding carboxylic acids is 1. The molecule has 0 aliphatic carbocycles. The van der Waals surface area contributed by atoms with Crippen molar-refractivity contribution in [3.8, 4) is 0 Å². The fourth-order valence-electron chi connectivity index (χ4n) is 3.92. The van der Waals surface area contributed by atoms with Crippen molar-refractivity contribution in [3.05, 3.63) is 65.5 Å². The molecule has 0 radical (unpaired) electrons. The summed E-state index contributed by atoms with van der Waals surface area (Å²) >= 11 is 0. The van der Waals surface area contributed by atoms with Crippen LogP contribution in [0.2, 0.25) is 0 Å². The third-order valence-corrected chi connectivity index (χ3v) is 5.50. The molecule has 2 heterocycles. The van der Waals surface area contributed by atoms with Crippen molar-refractivity contribution in [1.29, 1.82) is 0 Å². The first-order valence-corrected chi connectivity index (χ1v) is 10.2. The molecule has 1 aromatic carbocycles. The lowest BCUT2D eigenvalue weighted by Gasteiger charge is -2.33. The number of carbonyl (C=O) groups is 1. The smallest absolute Gasteiger partial charge is 0.236 e. The number of amides is 1. The van der Waals surface area contributed by atoms with Gasteiger partial charge in [-0.1, -0.05) is 36.4 Å². The monoisotopic (exact) mass is 365 g/mol. The highest BCUT2D eigenvalue weighted by molar-refractivity contribution is 5.78. The molecular formula is C23H31N3O. The Morgan fingerprint density at radius 2 is 1.89 bits per heavy atom. The van der Waals surface area contributed by atoms with E-state index in [1.54, 1.807) is 0 Å². The van der Waals surface area contributed by atoms with Crippen molar-refractivity contribution in [2.75, 3.05) is 32.7 Å². The van der Waals surface area contributed by atoms with Gasteiger partial charge in [-0.15, -0.1) is 0 Å². The summed E-state index contributed by atoms with van der Waals surface area (Å²) < 4.78 is 0. The van der Waals surface area contributed by atoms with Crippen molar-refractivity contribution < 1.29 is 4.79 Å². The summed E-state index contributed by atoms with van der Waals surface area (Å²) in [4.78, 5) is 21.4. The Morgan fingerprint density at radius 3 is 2.56 bits per heavy atom. The Morgan fingerprint density at radius 1 is 1.11 bits per heavy atom. The number of likely N-dealkylation sites (tertiary alicyclic amines) is 1. The van der Waals surface area contributed by atoms with Crippen LogP contribution >= 0.6 is 0 Å². The average molecular weight is 366 g/mol. The molecule has 4 heteroatoms. The lowest BCUT2D eigenvalue weighted by molar-refractivity contribution is -0.132. The van der Waals surface area contributed by atoms with E-state index in [0.717, 1.165) is 51.1 Å². The van der Waals surface area contributed by atoms with Crippen LogP contribution in [-0.2, 0) is 11.2 Å². The molecule has 0 unspecified atom stereocenters. The second kappa shape index (κ2) is 9.65. The van der Waals surface area contributed by atoms with Gasteiger partial charge in [0.2, 0.25) is 5.91 Å². The second-order valence-electron chi connectivity index (χ2n) is 7.39.